The third-order valence-corrected chi connectivity index (χ3v) is 5.81. The smallest absolute Gasteiger partial charge is 0.259 e. The van der Waals surface area contributed by atoms with Crippen LogP contribution in [0.25, 0.3) is 10.9 Å². The van der Waals surface area contributed by atoms with Crippen LogP contribution < -0.4 is 10.2 Å². The third-order valence-electron chi connectivity index (χ3n) is 5.81. The topological polar surface area (TPSA) is 62.3 Å². The maximum Gasteiger partial charge on any atom is 0.259 e. The van der Waals surface area contributed by atoms with Crippen molar-refractivity contribution in [3.05, 3.63) is 65.9 Å². The van der Waals surface area contributed by atoms with Gasteiger partial charge in [0.25, 0.3) is 5.91 Å². The van der Waals surface area contributed by atoms with E-state index in [-0.39, 0.29) is 17.7 Å². The Morgan fingerprint density at radius 2 is 1.93 bits per heavy atom. The van der Waals surface area contributed by atoms with Gasteiger partial charge in [0.15, 0.2) is 0 Å². The van der Waals surface area contributed by atoms with Gasteiger partial charge in [0, 0.05) is 34.4 Å². The molecule has 3 aromatic rings. The Kier molecular flexibility index (Phi) is 4.08. The van der Waals surface area contributed by atoms with Crippen molar-refractivity contribution in [2.45, 2.75) is 32.2 Å². The number of pyridine rings is 1. The summed E-state index contributed by atoms with van der Waals surface area (Å²) >= 11 is 0. The number of nitrogens with zero attached hydrogens (tertiary/aromatic N) is 2. The Balaban J connectivity index is 1.39. The lowest BCUT2D eigenvalue weighted by Crippen LogP contribution is -2.23. The molecule has 5 nitrogen and oxygen atoms in total. The highest BCUT2D eigenvalue weighted by Crippen LogP contribution is 2.32. The Morgan fingerprint density at radius 1 is 1.07 bits per heavy atom. The molecule has 1 fully saturated rings. The molecule has 1 aromatic heterocycles. The van der Waals surface area contributed by atoms with Crippen molar-refractivity contribution in [1.82, 2.24) is 4.98 Å². The number of nitrogens with one attached hydrogen (secondary N) is 1. The first kappa shape index (κ1) is 16.9. The highest BCUT2D eigenvalue weighted by atomic mass is 16.2. The van der Waals surface area contributed by atoms with E-state index in [4.69, 9.17) is 0 Å². The van der Waals surface area contributed by atoms with Gasteiger partial charge in [0.05, 0.1) is 12.1 Å². The minimum atomic E-state index is -0.0322. The van der Waals surface area contributed by atoms with Crippen molar-refractivity contribution in [2.24, 2.45) is 5.92 Å². The minimum Gasteiger partial charge on any atom is -0.326 e. The number of hydrogen-bond acceptors (Lipinski definition) is 3. The van der Waals surface area contributed by atoms with Crippen LogP contribution in [-0.2, 0) is 11.3 Å². The number of rotatable bonds is 3. The van der Waals surface area contributed by atoms with Gasteiger partial charge in [-0.1, -0.05) is 25.0 Å². The van der Waals surface area contributed by atoms with Crippen LogP contribution in [0.3, 0.4) is 0 Å². The standard InChI is InChI=1S/C23H21N3O2/c27-22(15-4-1-2-5-15)25-18-8-7-17-14-26(23(28)20(17)13-18)19-9-10-21-16(12-19)6-3-11-24-21/h3,6-13,15H,1-2,4-5,14H2,(H,25,27). The van der Waals surface area contributed by atoms with E-state index in [1.807, 2.05) is 48.5 Å². The van der Waals surface area contributed by atoms with Crippen LogP contribution in [-0.4, -0.2) is 16.8 Å². The van der Waals surface area contributed by atoms with Crippen LogP contribution >= 0.6 is 0 Å². The normalized spacial score (nSPS) is 16.6. The van der Waals surface area contributed by atoms with Crippen molar-refractivity contribution >= 4 is 34.1 Å². The fourth-order valence-electron chi connectivity index (χ4n) is 4.25. The minimum absolute atomic E-state index is 0.0322. The Labute approximate surface area is 163 Å². The van der Waals surface area contributed by atoms with E-state index in [0.717, 1.165) is 47.8 Å². The molecule has 1 saturated carbocycles. The molecule has 1 N–H and O–H groups in total. The van der Waals surface area contributed by atoms with E-state index in [1.165, 1.54) is 0 Å². The molecule has 1 aliphatic carbocycles. The molecule has 5 heteroatoms. The summed E-state index contributed by atoms with van der Waals surface area (Å²) in [6.45, 7) is 0.538. The molecule has 28 heavy (non-hydrogen) atoms. The lowest BCUT2D eigenvalue weighted by atomic mass is 10.1. The first-order valence-electron chi connectivity index (χ1n) is 9.79. The van der Waals surface area contributed by atoms with Crippen molar-refractivity contribution in [3.8, 4) is 0 Å². The lowest BCUT2D eigenvalue weighted by molar-refractivity contribution is -0.119. The number of carbonyl (C=O) groups is 2. The summed E-state index contributed by atoms with van der Waals surface area (Å²) in [4.78, 5) is 31.5. The van der Waals surface area contributed by atoms with Gasteiger partial charge in [0.1, 0.15) is 0 Å². The number of hydrogen-bond donors (Lipinski definition) is 1. The highest BCUT2D eigenvalue weighted by molar-refractivity contribution is 6.11. The van der Waals surface area contributed by atoms with Crippen LogP contribution in [0.1, 0.15) is 41.6 Å². The van der Waals surface area contributed by atoms with Crippen LogP contribution in [0.5, 0.6) is 0 Å². The summed E-state index contributed by atoms with van der Waals surface area (Å²) in [6, 6.07) is 15.4. The number of carbonyl (C=O) groups excluding carboxylic acids is 2. The zero-order chi connectivity index (χ0) is 19.1. The summed E-state index contributed by atoms with van der Waals surface area (Å²) in [5.74, 6) is 0.142. The molecule has 0 saturated heterocycles. The van der Waals surface area contributed by atoms with Gasteiger partial charge in [-0.2, -0.15) is 0 Å². The molecule has 0 atom stereocenters. The van der Waals surface area contributed by atoms with E-state index in [1.54, 1.807) is 11.1 Å². The summed E-state index contributed by atoms with van der Waals surface area (Å²) in [5, 5.41) is 4.00. The van der Waals surface area contributed by atoms with E-state index in [0.29, 0.717) is 17.8 Å². The second-order valence-corrected chi connectivity index (χ2v) is 7.61. The maximum absolute atomic E-state index is 13.0. The molecule has 2 aliphatic rings. The Morgan fingerprint density at radius 3 is 2.79 bits per heavy atom. The molecule has 140 valence electrons. The van der Waals surface area contributed by atoms with Gasteiger partial charge in [-0.05, 0) is 54.8 Å². The Hall–Kier alpha value is -3.21. The monoisotopic (exact) mass is 371 g/mol. The number of amides is 2. The van der Waals surface area contributed by atoms with Gasteiger partial charge < -0.3 is 10.2 Å². The number of benzene rings is 2. The molecule has 2 heterocycles. The molecule has 2 aromatic carbocycles. The fraction of sp³-hybridized carbons (Fsp3) is 0.261. The van der Waals surface area contributed by atoms with Crippen LogP contribution in [0.4, 0.5) is 11.4 Å². The van der Waals surface area contributed by atoms with Gasteiger partial charge in [-0.3, -0.25) is 14.6 Å². The van der Waals surface area contributed by atoms with E-state index < -0.39 is 0 Å². The molecule has 5 rings (SSSR count). The van der Waals surface area contributed by atoms with Crippen molar-refractivity contribution in [3.63, 3.8) is 0 Å². The molecular weight excluding hydrogens is 350 g/mol. The van der Waals surface area contributed by atoms with Crippen LogP contribution in [0, 0.1) is 5.92 Å². The molecule has 0 radical (unpaired) electrons. The van der Waals surface area contributed by atoms with Gasteiger partial charge >= 0.3 is 0 Å². The molecule has 0 spiro atoms. The van der Waals surface area contributed by atoms with Crippen LogP contribution in [0.15, 0.2) is 54.7 Å². The first-order chi connectivity index (χ1) is 13.7. The predicted octanol–water partition coefficient (Wildman–Crippen LogP) is 4.52. The zero-order valence-corrected chi connectivity index (χ0v) is 15.5. The SMILES string of the molecule is O=C(Nc1ccc2c(c1)C(=O)N(c1ccc3ncccc3c1)C2)C1CCCC1. The summed E-state index contributed by atoms with van der Waals surface area (Å²) in [5.41, 5.74) is 4.12. The number of anilines is 2. The summed E-state index contributed by atoms with van der Waals surface area (Å²) in [7, 11) is 0. The molecular formula is C23H21N3O2. The second-order valence-electron chi connectivity index (χ2n) is 7.61. The van der Waals surface area contributed by atoms with E-state index >= 15 is 0 Å². The van der Waals surface area contributed by atoms with Crippen LogP contribution in [0.2, 0.25) is 0 Å². The lowest BCUT2D eigenvalue weighted by Gasteiger charge is -2.16. The van der Waals surface area contributed by atoms with Crippen molar-refractivity contribution in [2.75, 3.05) is 10.2 Å². The van der Waals surface area contributed by atoms with Crippen molar-refractivity contribution < 1.29 is 9.59 Å². The molecule has 2 amide bonds. The maximum atomic E-state index is 13.0. The third kappa shape index (κ3) is 2.93. The largest absolute Gasteiger partial charge is 0.326 e. The molecule has 0 bridgehead atoms. The highest BCUT2D eigenvalue weighted by Gasteiger charge is 2.29. The predicted molar refractivity (Wildman–Crippen MR) is 109 cm³/mol. The average Bonchev–Trinajstić information content (AvgIpc) is 3.37. The van der Waals surface area contributed by atoms with Gasteiger partial charge in [-0.25, -0.2) is 0 Å². The Bertz CT molecular complexity index is 1090. The van der Waals surface area contributed by atoms with E-state index in [2.05, 4.69) is 10.3 Å². The number of fused-ring (bicyclic) bond motifs is 2. The van der Waals surface area contributed by atoms with Gasteiger partial charge in [-0.15, -0.1) is 0 Å². The molecule has 0 unspecified atom stereocenters. The zero-order valence-electron chi connectivity index (χ0n) is 15.5. The number of aromatic nitrogens is 1. The van der Waals surface area contributed by atoms with Crippen molar-refractivity contribution in [1.29, 1.82) is 0 Å². The molecule has 1 aliphatic heterocycles. The average molecular weight is 371 g/mol. The second kappa shape index (κ2) is 6.75. The van der Waals surface area contributed by atoms with E-state index in [9.17, 15) is 9.59 Å². The first-order valence-corrected chi connectivity index (χ1v) is 9.79. The fourth-order valence-corrected chi connectivity index (χ4v) is 4.25. The quantitative estimate of drug-likeness (QED) is 0.736. The van der Waals surface area contributed by atoms with Gasteiger partial charge in [0.2, 0.25) is 5.91 Å². The summed E-state index contributed by atoms with van der Waals surface area (Å²) < 4.78 is 0. The summed E-state index contributed by atoms with van der Waals surface area (Å²) in [6.07, 6.45) is 5.93.